The quantitative estimate of drug-likeness (QED) is 0.408. The SMILES string of the molecule is C/C(=N/NC(=O)c1cc(-c2ccc(F)cc2)n[nH]1)c1cccc2ccccc12. The lowest BCUT2D eigenvalue weighted by Gasteiger charge is -2.06. The largest absolute Gasteiger partial charge is 0.289 e. The molecule has 0 radical (unpaired) electrons. The molecule has 0 atom stereocenters. The maximum Gasteiger partial charge on any atom is 0.289 e. The van der Waals surface area contributed by atoms with Gasteiger partial charge in [-0.15, -0.1) is 0 Å². The van der Waals surface area contributed by atoms with Gasteiger partial charge in [-0.1, -0.05) is 42.5 Å². The fourth-order valence-corrected chi connectivity index (χ4v) is 3.00. The number of nitrogens with one attached hydrogen (secondary N) is 2. The van der Waals surface area contributed by atoms with E-state index in [4.69, 9.17) is 0 Å². The van der Waals surface area contributed by atoms with Gasteiger partial charge in [0.05, 0.1) is 11.4 Å². The standard InChI is InChI=1S/C22H17FN4O/c1-14(18-8-4-6-15-5-2-3-7-19(15)18)24-27-22(28)21-13-20(25-26-21)16-9-11-17(23)12-10-16/h2-13H,1H3,(H,25,26)(H,27,28)/b24-14-. The average Bonchev–Trinajstić information content (AvgIpc) is 3.22. The van der Waals surface area contributed by atoms with Crippen LogP contribution >= 0.6 is 0 Å². The van der Waals surface area contributed by atoms with Crippen molar-refractivity contribution in [3.05, 3.63) is 89.9 Å². The molecule has 0 aliphatic heterocycles. The van der Waals surface area contributed by atoms with Crippen LogP contribution in [0.2, 0.25) is 0 Å². The maximum absolute atomic E-state index is 13.0. The van der Waals surface area contributed by atoms with Crippen molar-refractivity contribution in [2.75, 3.05) is 0 Å². The summed E-state index contributed by atoms with van der Waals surface area (Å²) >= 11 is 0. The van der Waals surface area contributed by atoms with Crippen LogP contribution in [0.1, 0.15) is 23.0 Å². The molecular weight excluding hydrogens is 355 g/mol. The Balaban J connectivity index is 1.53. The Bertz CT molecular complexity index is 1170. The van der Waals surface area contributed by atoms with Crippen LogP contribution in [0.5, 0.6) is 0 Å². The molecule has 4 aromatic rings. The summed E-state index contributed by atoms with van der Waals surface area (Å²) in [6.07, 6.45) is 0. The normalized spacial score (nSPS) is 11.6. The van der Waals surface area contributed by atoms with Gasteiger partial charge in [0.2, 0.25) is 0 Å². The molecular formula is C22H17FN4O. The lowest BCUT2D eigenvalue weighted by Crippen LogP contribution is -2.19. The highest BCUT2D eigenvalue weighted by Crippen LogP contribution is 2.20. The molecule has 28 heavy (non-hydrogen) atoms. The molecule has 1 amide bonds. The zero-order chi connectivity index (χ0) is 19.5. The molecule has 0 unspecified atom stereocenters. The Labute approximate surface area is 160 Å². The first-order chi connectivity index (χ1) is 13.6. The zero-order valence-corrected chi connectivity index (χ0v) is 15.1. The number of benzene rings is 3. The number of H-pyrrole nitrogens is 1. The number of rotatable bonds is 4. The molecule has 0 saturated carbocycles. The van der Waals surface area contributed by atoms with Crippen LogP contribution in [-0.2, 0) is 0 Å². The Morgan fingerprint density at radius 3 is 2.61 bits per heavy atom. The average molecular weight is 372 g/mol. The Morgan fingerprint density at radius 2 is 1.79 bits per heavy atom. The van der Waals surface area contributed by atoms with Gasteiger partial charge in [0, 0.05) is 11.1 Å². The van der Waals surface area contributed by atoms with Gasteiger partial charge in [-0.2, -0.15) is 10.2 Å². The van der Waals surface area contributed by atoms with Gasteiger partial charge >= 0.3 is 0 Å². The number of amides is 1. The fraction of sp³-hybridized carbons (Fsp3) is 0.0455. The first kappa shape index (κ1) is 17.6. The van der Waals surface area contributed by atoms with Crippen LogP contribution in [0.15, 0.2) is 77.9 Å². The number of carbonyl (C=O) groups excluding carboxylic acids is 1. The van der Waals surface area contributed by atoms with Crippen LogP contribution in [-0.4, -0.2) is 21.8 Å². The monoisotopic (exact) mass is 372 g/mol. The number of halogens is 1. The number of hydrogen-bond donors (Lipinski definition) is 2. The van der Waals surface area contributed by atoms with Crippen molar-refractivity contribution in [3.8, 4) is 11.3 Å². The highest BCUT2D eigenvalue weighted by Gasteiger charge is 2.11. The van der Waals surface area contributed by atoms with Gasteiger partial charge < -0.3 is 0 Å². The van der Waals surface area contributed by atoms with Gasteiger partial charge in [-0.25, -0.2) is 9.82 Å². The lowest BCUT2D eigenvalue weighted by atomic mass is 10.0. The summed E-state index contributed by atoms with van der Waals surface area (Å²) in [6, 6.07) is 21.5. The van der Waals surface area contributed by atoms with E-state index in [1.165, 1.54) is 12.1 Å². The van der Waals surface area contributed by atoms with Gasteiger partial charge in [0.15, 0.2) is 0 Å². The van der Waals surface area contributed by atoms with Crippen molar-refractivity contribution < 1.29 is 9.18 Å². The third kappa shape index (κ3) is 3.53. The predicted octanol–water partition coefficient (Wildman–Crippen LogP) is 4.52. The second kappa shape index (κ2) is 7.44. The summed E-state index contributed by atoms with van der Waals surface area (Å²) in [4.78, 5) is 12.4. The predicted molar refractivity (Wildman–Crippen MR) is 108 cm³/mol. The Kier molecular flexibility index (Phi) is 4.68. The summed E-state index contributed by atoms with van der Waals surface area (Å²) in [5, 5.41) is 13.2. The summed E-state index contributed by atoms with van der Waals surface area (Å²) in [7, 11) is 0. The third-order valence-electron chi connectivity index (χ3n) is 4.47. The second-order valence-corrected chi connectivity index (χ2v) is 6.34. The number of hydrazone groups is 1. The molecule has 0 bridgehead atoms. The van der Waals surface area contributed by atoms with Crippen molar-refractivity contribution in [2.24, 2.45) is 5.10 Å². The van der Waals surface area contributed by atoms with Crippen molar-refractivity contribution in [2.45, 2.75) is 6.92 Å². The highest BCUT2D eigenvalue weighted by molar-refractivity contribution is 6.10. The van der Waals surface area contributed by atoms with E-state index in [0.29, 0.717) is 17.0 Å². The molecule has 0 fully saturated rings. The summed E-state index contributed by atoms with van der Waals surface area (Å²) in [5.74, 6) is -0.726. The molecule has 2 N–H and O–H groups in total. The van der Waals surface area contributed by atoms with Crippen molar-refractivity contribution in [3.63, 3.8) is 0 Å². The fourth-order valence-electron chi connectivity index (χ4n) is 3.00. The van der Waals surface area contributed by atoms with Gasteiger partial charge in [-0.05, 0) is 48.0 Å². The molecule has 4 rings (SSSR count). The van der Waals surface area contributed by atoms with Gasteiger partial charge in [0.1, 0.15) is 11.5 Å². The van der Waals surface area contributed by atoms with Crippen LogP contribution in [0.25, 0.3) is 22.0 Å². The van der Waals surface area contributed by atoms with E-state index < -0.39 is 5.91 Å². The van der Waals surface area contributed by atoms with E-state index in [2.05, 4.69) is 20.7 Å². The number of aromatic amines is 1. The number of carbonyl (C=O) groups is 1. The first-order valence-electron chi connectivity index (χ1n) is 8.76. The number of nitrogens with zero attached hydrogens (tertiary/aromatic N) is 2. The van der Waals surface area contributed by atoms with Crippen molar-refractivity contribution in [1.82, 2.24) is 15.6 Å². The number of aromatic nitrogens is 2. The maximum atomic E-state index is 13.0. The molecule has 1 aromatic heterocycles. The van der Waals surface area contributed by atoms with E-state index in [1.807, 2.05) is 49.4 Å². The van der Waals surface area contributed by atoms with Gasteiger partial charge in [0.25, 0.3) is 5.91 Å². The molecule has 6 heteroatoms. The highest BCUT2D eigenvalue weighted by atomic mass is 19.1. The van der Waals surface area contributed by atoms with Gasteiger partial charge in [-0.3, -0.25) is 9.89 Å². The summed E-state index contributed by atoms with van der Waals surface area (Å²) in [5.41, 5.74) is 5.75. The molecule has 5 nitrogen and oxygen atoms in total. The van der Waals surface area contributed by atoms with Crippen LogP contribution in [0, 0.1) is 5.82 Å². The van der Waals surface area contributed by atoms with E-state index in [0.717, 1.165) is 16.3 Å². The van der Waals surface area contributed by atoms with Crippen LogP contribution in [0.3, 0.4) is 0 Å². The van der Waals surface area contributed by atoms with Crippen LogP contribution < -0.4 is 5.43 Å². The molecule has 1 heterocycles. The van der Waals surface area contributed by atoms with E-state index >= 15 is 0 Å². The second-order valence-electron chi connectivity index (χ2n) is 6.34. The molecule has 3 aromatic carbocycles. The van der Waals surface area contributed by atoms with Crippen molar-refractivity contribution in [1.29, 1.82) is 0 Å². The molecule has 0 aliphatic carbocycles. The minimum Gasteiger partial charge on any atom is -0.272 e. The minimum atomic E-state index is -0.402. The Morgan fingerprint density at radius 1 is 1.04 bits per heavy atom. The first-order valence-corrected chi connectivity index (χ1v) is 8.76. The molecule has 0 spiro atoms. The van der Waals surface area contributed by atoms with E-state index in [-0.39, 0.29) is 11.5 Å². The summed E-state index contributed by atoms with van der Waals surface area (Å²) < 4.78 is 13.0. The molecule has 138 valence electrons. The zero-order valence-electron chi connectivity index (χ0n) is 15.1. The van der Waals surface area contributed by atoms with Crippen molar-refractivity contribution >= 4 is 22.4 Å². The number of hydrogen-bond acceptors (Lipinski definition) is 3. The lowest BCUT2D eigenvalue weighted by molar-refractivity contribution is 0.0950. The smallest absolute Gasteiger partial charge is 0.272 e. The van der Waals surface area contributed by atoms with Crippen LogP contribution in [0.4, 0.5) is 4.39 Å². The third-order valence-corrected chi connectivity index (χ3v) is 4.47. The number of fused-ring (bicyclic) bond motifs is 1. The van der Waals surface area contributed by atoms with E-state index in [9.17, 15) is 9.18 Å². The molecule has 0 aliphatic rings. The summed E-state index contributed by atoms with van der Waals surface area (Å²) in [6.45, 7) is 1.85. The van der Waals surface area contributed by atoms with E-state index in [1.54, 1.807) is 18.2 Å². The Hall–Kier alpha value is -3.80. The molecule has 0 saturated heterocycles. The minimum absolute atomic E-state index is 0.272. The topological polar surface area (TPSA) is 70.1 Å².